The molecule has 4 N–H and O–H groups in total. The number of amides is 4. The van der Waals surface area contributed by atoms with Gasteiger partial charge in [-0.25, -0.2) is 0 Å². The number of nitrogens with zero attached hydrogens (tertiary/aromatic N) is 1. The third-order valence-corrected chi connectivity index (χ3v) is 5.94. The predicted octanol–water partition coefficient (Wildman–Crippen LogP) is 1.06. The number of halogens is 1. The van der Waals surface area contributed by atoms with Crippen molar-refractivity contribution in [3.8, 4) is 5.75 Å². The van der Waals surface area contributed by atoms with Crippen LogP contribution in [0.5, 0.6) is 5.75 Å². The van der Waals surface area contributed by atoms with Gasteiger partial charge >= 0.3 is 5.97 Å². The van der Waals surface area contributed by atoms with Crippen molar-refractivity contribution in [1.29, 1.82) is 0 Å². The number of rotatable bonds is 10. The maximum Gasteiger partial charge on any atom is 0.305 e. The SMILES string of the molecule is COc1ccc(Cl)cc1CC1CNC(=O)CN(C(=O)CN[C@@H](CC(=O)O)C(=O)Nc2ccccc2)C1=O. The number of carboxylic acid groups (broad SMARTS) is 1. The quantitative estimate of drug-likeness (QED) is 0.355. The second kappa shape index (κ2) is 12.8. The largest absolute Gasteiger partial charge is 0.496 e. The Kier molecular flexibility index (Phi) is 9.58. The summed E-state index contributed by atoms with van der Waals surface area (Å²) >= 11 is 6.09. The molecule has 2 aromatic rings. The molecule has 11 nitrogen and oxygen atoms in total. The van der Waals surface area contributed by atoms with Gasteiger partial charge in [0.1, 0.15) is 12.3 Å². The molecule has 0 aromatic heterocycles. The Bertz CT molecular complexity index is 1170. The molecule has 0 saturated carbocycles. The van der Waals surface area contributed by atoms with Gasteiger partial charge in [0.15, 0.2) is 0 Å². The highest BCUT2D eigenvalue weighted by atomic mass is 35.5. The number of carbonyl (C=O) groups excluding carboxylic acids is 4. The molecule has 0 spiro atoms. The first-order valence-corrected chi connectivity index (χ1v) is 11.8. The van der Waals surface area contributed by atoms with Crippen molar-refractivity contribution in [1.82, 2.24) is 15.5 Å². The zero-order valence-electron chi connectivity index (χ0n) is 20.0. The highest BCUT2D eigenvalue weighted by Gasteiger charge is 2.35. The van der Waals surface area contributed by atoms with Crippen LogP contribution in [0.4, 0.5) is 5.69 Å². The van der Waals surface area contributed by atoms with Gasteiger partial charge in [0.25, 0.3) is 0 Å². The first-order chi connectivity index (χ1) is 17.7. The highest BCUT2D eigenvalue weighted by Crippen LogP contribution is 2.26. The molecule has 0 aliphatic carbocycles. The zero-order valence-corrected chi connectivity index (χ0v) is 20.8. The molecule has 1 aliphatic rings. The third-order valence-electron chi connectivity index (χ3n) is 5.71. The van der Waals surface area contributed by atoms with Crippen molar-refractivity contribution in [2.24, 2.45) is 5.92 Å². The number of methoxy groups -OCH3 is 1. The number of hydrogen-bond acceptors (Lipinski definition) is 7. The van der Waals surface area contributed by atoms with Crippen LogP contribution in [-0.4, -0.2) is 72.4 Å². The molecule has 4 amide bonds. The number of para-hydroxylation sites is 1. The molecule has 196 valence electrons. The van der Waals surface area contributed by atoms with E-state index in [0.29, 0.717) is 22.0 Å². The summed E-state index contributed by atoms with van der Waals surface area (Å²) in [5, 5.41) is 17.5. The summed E-state index contributed by atoms with van der Waals surface area (Å²) in [6.07, 6.45) is -0.446. The monoisotopic (exact) mass is 530 g/mol. The molecule has 2 atom stereocenters. The lowest BCUT2D eigenvalue weighted by molar-refractivity contribution is -0.148. The molecule has 1 unspecified atom stereocenters. The smallest absolute Gasteiger partial charge is 0.305 e. The molecule has 1 fully saturated rings. The molecule has 1 heterocycles. The summed E-state index contributed by atoms with van der Waals surface area (Å²) in [6.45, 7) is -1.03. The van der Waals surface area contributed by atoms with E-state index in [1.165, 1.54) is 7.11 Å². The van der Waals surface area contributed by atoms with E-state index in [9.17, 15) is 29.1 Å². The number of carboxylic acids is 1. The minimum Gasteiger partial charge on any atom is -0.496 e. The van der Waals surface area contributed by atoms with Crippen LogP contribution < -0.4 is 20.7 Å². The van der Waals surface area contributed by atoms with Crippen LogP contribution in [0.2, 0.25) is 5.02 Å². The summed E-state index contributed by atoms with van der Waals surface area (Å²) in [5.74, 6) is -4.07. The van der Waals surface area contributed by atoms with Gasteiger partial charge in [-0.05, 0) is 42.3 Å². The lowest BCUT2D eigenvalue weighted by Crippen LogP contribution is -2.50. The summed E-state index contributed by atoms with van der Waals surface area (Å²) in [7, 11) is 1.48. The van der Waals surface area contributed by atoms with Crippen molar-refractivity contribution in [3.63, 3.8) is 0 Å². The van der Waals surface area contributed by atoms with E-state index < -0.39 is 61.1 Å². The zero-order chi connectivity index (χ0) is 26.9. The molecule has 0 radical (unpaired) electrons. The van der Waals surface area contributed by atoms with Crippen molar-refractivity contribution in [3.05, 3.63) is 59.1 Å². The topological polar surface area (TPSA) is 154 Å². The van der Waals surface area contributed by atoms with Crippen molar-refractivity contribution >= 4 is 46.9 Å². The summed E-state index contributed by atoms with van der Waals surface area (Å²) in [4.78, 5) is 63.2. The van der Waals surface area contributed by atoms with E-state index in [1.807, 2.05) is 0 Å². The van der Waals surface area contributed by atoms with Crippen molar-refractivity contribution in [2.75, 3.05) is 32.1 Å². The fourth-order valence-corrected chi connectivity index (χ4v) is 4.05. The van der Waals surface area contributed by atoms with Crippen molar-refractivity contribution < 1.29 is 33.8 Å². The first kappa shape index (κ1) is 27.6. The fraction of sp³-hybridized carbons (Fsp3) is 0.320. The maximum atomic E-state index is 13.3. The molecular formula is C25H27ClN4O7. The standard InChI is InChI=1S/C25H27ClN4O7/c1-37-20-8-7-17(26)10-15(20)9-16-12-28-21(31)14-30(25(16)36)22(32)13-27-19(11-23(33)34)24(35)29-18-5-3-2-4-6-18/h2-8,10,16,19,27H,9,11-14H2,1H3,(H,28,31)(H,29,35)(H,33,34)/t16?,19-/m0/s1. The van der Waals surface area contributed by atoms with Gasteiger partial charge in [0.2, 0.25) is 23.6 Å². The number of nitrogens with one attached hydrogen (secondary N) is 3. The van der Waals surface area contributed by atoms with E-state index in [2.05, 4.69) is 16.0 Å². The number of imide groups is 1. The van der Waals surface area contributed by atoms with Crippen LogP contribution in [0.3, 0.4) is 0 Å². The molecule has 12 heteroatoms. The molecular weight excluding hydrogens is 504 g/mol. The van der Waals surface area contributed by atoms with Gasteiger partial charge in [0, 0.05) is 17.3 Å². The number of hydrogen-bond donors (Lipinski definition) is 4. The summed E-state index contributed by atoms with van der Waals surface area (Å²) < 4.78 is 5.33. The Hall–Kier alpha value is -3.96. The van der Waals surface area contributed by atoms with Crippen LogP contribution in [0.25, 0.3) is 0 Å². The number of aliphatic carboxylic acids is 1. The summed E-state index contributed by atoms with van der Waals surface area (Å²) in [5.41, 5.74) is 1.09. The van der Waals surface area contributed by atoms with Gasteiger partial charge in [-0.2, -0.15) is 0 Å². The number of benzene rings is 2. The first-order valence-electron chi connectivity index (χ1n) is 11.4. The number of anilines is 1. The molecule has 3 rings (SSSR count). The predicted molar refractivity (Wildman–Crippen MR) is 134 cm³/mol. The number of carbonyl (C=O) groups is 5. The summed E-state index contributed by atoms with van der Waals surface area (Å²) in [6, 6.07) is 12.1. The second-order valence-corrected chi connectivity index (χ2v) is 8.80. The van der Waals surface area contributed by atoms with E-state index in [1.54, 1.807) is 48.5 Å². The van der Waals surface area contributed by atoms with Crippen LogP contribution in [0.15, 0.2) is 48.5 Å². The normalized spacial score (nSPS) is 16.4. The van der Waals surface area contributed by atoms with Gasteiger partial charge in [-0.15, -0.1) is 0 Å². The van der Waals surface area contributed by atoms with E-state index >= 15 is 0 Å². The Balaban J connectivity index is 1.71. The Morgan fingerprint density at radius 1 is 1.19 bits per heavy atom. The molecule has 0 bridgehead atoms. The van der Waals surface area contributed by atoms with Crippen LogP contribution >= 0.6 is 11.6 Å². The van der Waals surface area contributed by atoms with Crippen LogP contribution in [0, 0.1) is 5.92 Å². The average Bonchev–Trinajstić information content (AvgIpc) is 3.00. The van der Waals surface area contributed by atoms with Gasteiger partial charge < -0.3 is 20.5 Å². The van der Waals surface area contributed by atoms with Crippen molar-refractivity contribution in [2.45, 2.75) is 18.9 Å². The minimum atomic E-state index is -1.26. The van der Waals surface area contributed by atoms with Crippen LogP contribution in [0.1, 0.15) is 12.0 Å². The Morgan fingerprint density at radius 2 is 1.92 bits per heavy atom. The third kappa shape index (κ3) is 7.76. The molecule has 1 saturated heterocycles. The highest BCUT2D eigenvalue weighted by molar-refractivity contribution is 6.30. The second-order valence-electron chi connectivity index (χ2n) is 8.37. The number of ether oxygens (including phenoxy) is 1. The fourth-order valence-electron chi connectivity index (χ4n) is 3.85. The average molecular weight is 531 g/mol. The van der Waals surface area contributed by atoms with Crippen LogP contribution in [-0.2, 0) is 30.4 Å². The van der Waals surface area contributed by atoms with E-state index in [4.69, 9.17) is 16.3 Å². The van der Waals surface area contributed by atoms with E-state index in [0.717, 1.165) is 4.90 Å². The Labute approximate surface area is 218 Å². The lowest BCUT2D eigenvalue weighted by Gasteiger charge is -2.23. The Morgan fingerprint density at radius 3 is 2.59 bits per heavy atom. The van der Waals surface area contributed by atoms with Gasteiger partial charge in [-0.3, -0.25) is 34.2 Å². The van der Waals surface area contributed by atoms with E-state index in [-0.39, 0.29) is 13.0 Å². The lowest BCUT2D eigenvalue weighted by atomic mass is 9.97. The molecule has 1 aliphatic heterocycles. The minimum absolute atomic E-state index is 0.00562. The van der Waals surface area contributed by atoms with Gasteiger partial charge in [-0.1, -0.05) is 29.8 Å². The maximum absolute atomic E-state index is 13.3. The molecule has 37 heavy (non-hydrogen) atoms. The van der Waals surface area contributed by atoms with Gasteiger partial charge in [0.05, 0.1) is 32.0 Å². The molecule has 2 aromatic carbocycles.